The Morgan fingerprint density at radius 2 is 2.04 bits per heavy atom. The van der Waals surface area contributed by atoms with E-state index in [4.69, 9.17) is 38.8 Å². The number of pyridine rings is 1. The number of rotatable bonds is 7. The predicted molar refractivity (Wildman–Crippen MR) is 103 cm³/mol. The summed E-state index contributed by atoms with van der Waals surface area (Å²) in [6, 6.07) is 4.42. The van der Waals surface area contributed by atoms with Crippen LogP contribution in [0.1, 0.15) is 5.56 Å². The topological polar surface area (TPSA) is 86.2 Å². The van der Waals surface area contributed by atoms with Crippen molar-refractivity contribution in [2.75, 3.05) is 18.9 Å². The highest BCUT2D eigenvalue weighted by Gasteiger charge is 2.12. The van der Waals surface area contributed by atoms with Crippen LogP contribution in [-0.4, -0.2) is 33.1 Å². The first-order valence-electron chi connectivity index (χ1n) is 8.14. The van der Waals surface area contributed by atoms with Gasteiger partial charge in [-0.3, -0.25) is 4.68 Å². The minimum Gasteiger partial charge on any atom is -0.489 e. The third kappa shape index (κ3) is 4.50. The Hall–Kier alpha value is -2.35. The van der Waals surface area contributed by atoms with Crippen molar-refractivity contribution in [3.05, 3.63) is 58.2 Å². The van der Waals surface area contributed by atoms with Gasteiger partial charge in [-0.05, 0) is 23.8 Å². The maximum atomic E-state index is 13.6. The van der Waals surface area contributed by atoms with E-state index >= 15 is 0 Å². The molecular formula is C18H17Cl2FN4O2. The van der Waals surface area contributed by atoms with Gasteiger partial charge in [0, 0.05) is 35.0 Å². The first-order chi connectivity index (χ1) is 13.0. The molecule has 0 saturated carbocycles. The van der Waals surface area contributed by atoms with Gasteiger partial charge in [-0.25, -0.2) is 9.37 Å². The first-order valence-corrected chi connectivity index (χ1v) is 8.89. The normalized spacial score (nSPS) is 11.0. The second-order valence-corrected chi connectivity index (χ2v) is 6.53. The average Bonchev–Trinajstić information content (AvgIpc) is 3.11. The molecule has 0 spiro atoms. The highest BCUT2D eigenvalue weighted by atomic mass is 35.5. The van der Waals surface area contributed by atoms with Crippen LogP contribution in [-0.2, 0) is 13.0 Å². The minimum atomic E-state index is -0.529. The third-order valence-corrected chi connectivity index (χ3v) is 4.69. The van der Waals surface area contributed by atoms with E-state index < -0.39 is 5.82 Å². The van der Waals surface area contributed by atoms with Crippen LogP contribution < -0.4 is 10.5 Å². The monoisotopic (exact) mass is 410 g/mol. The third-order valence-electron chi connectivity index (χ3n) is 3.93. The summed E-state index contributed by atoms with van der Waals surface area (Å²) in [6.45, 7) is 0.601. The van der Waals surface area contributed by atoms with Crippen molar-refractivity contribution in [3.8, 4) is 16.9 Å². The lowest BCUT2D eigenvalue weighted by molar-refractivity contribution is 0.269. The Morgan fingerprint density at radius 1 is 1.22 bits per heavy atom. The molecule has 0 atom stereocenters. The molecule has 2 heterocycles. The Balaban J connectivity index is 1.73. The highest BCUT2D eigenvalue weighted by Crippen LogP contribution is 2.29. The maximum absolute atomic E-state index is 13.6. The number of anilines is 1. The Bertz CT molecular complexity index is 949. The summed E-state index contributed by atoms with van der Waals surface area (Å²) in [4.78, 5) is 4.14. The molecule has 27 heavy (non-hydrogen) atoms. The van der Waals surface area contributed by atoms with Crippen molar-refractivity contribution in [3.63, 3.8) is 0 Å². The van der Waals surface area contributed by atoms with Gasteiger partial charge in [0.2, 0.25) is 0 Å². The van der Waals surface area contributed by atoms with E-state index in [0.717, 1.165) is 11.1 Å². The van der Waals surface area contributed by atoms with Gasteiger partial charge in [0.25, 0.3) is 0 Å². The van der Waals surface area contributed by atoms with Gasteiger partial charge in [-0.2, -0.15) is 5.10 Å². The summed E-state index contributed by atoms with van der Waals surface area (Å²) in [5.74, 6) is 0.100. The summed E-state index contributed by atoms with van der Waals surface area (Å²) >= 11 is 12.0. The van der Waals surface area contributed by atoms with Gasteiger partial charge < -0.3 is 15.6 Å². The van der Waals surface area contributed by atoms with E-state index in [1.165, 1.54) is 12.1 Å². The van der Waals surface area contributed by atoms with E-state index in [2.05, 4.69) is 10.1 Å². The van der Waals surface area contributed by atoms with Crippen LogP contribution in [0.2, 0.25) is 10.0 Å². The molecule has 0 radical (unpaired) electrons. The molecule has 3 rings (SSSR count). The van der Waals surface area contributed by atoms with E-state index in [-0.39, 0.29) is 24.1 Å². The van der Waals surface area contributed by atoms with Gasteiger partial charge in [0.1, 0.15) is 5.82 Å². The number of nitrogens with zero attached hydrogens (tertiary/aromatic N) is 3. The van der Waals surface area contributed by atoms with E-state index in [1.807, 2.05) is 0 Å². The predicted octanol–water partition coefficient (Wildman–Crippen LogP) is 3.59. The second-order valence-electron chi connectivity index (χ2n) is 5.74. The number of aliphatic hydroxyl groups is 1. The van der Waals surface area contributed by atoms with Crippen molar-refractivity contribution >= 4 is 29.0 Å². The molecule has 0 saturated heterocycles. The highest BCUT2D eigenvalue weighted by molar-refractivity contribution is 6.36. The van der Waals surface area contributed by atoms with Crippen molar-refractivity contribution in [1.29, 1.82) is 0 Å². The van der Waals surface area contributed by atoms with Crippen LogP contribution in [0.3, 0.4) is 0 Å². The quantitative estimate of drug-likeness (QED) is 0.581. The molecule has 6 nitrogen and oxygen atoms in total. The number of hydrogen-bond donors (Lipinski definition) is 2. The SMILES string of the molecule is Nc1ncc(-c2cnn(CCO)c2)cc1OCCc1c(Cl)ccc(F)c1Cl. The number of halogens is 3. The maximum Gasteiger partial charge on any atom is 0.166 e. The summed E-state index contributed by atoms with van der Waals surface area (Å²) in [5, 5.41) is 13.5. The largest absolute Gasteiger partial charge is 0.489 e. The van der Waals surface area contributed by atoms with E-state index in [9.17, 15) is 4.39 Å². The molecule has 9 heteroatoms. The van der Waals surface area contributed by atoms with Crippen LogP contribution >= 0.6 is 23.2 Å². The zero-order valence-corrected chi connectivity index (χ0v) is 15.7. The van der Waals surface area contributed by atoms with Gasteiger partial charge in [0.05, 0.1) is 31.0 Å². The fraction of sp³-hybridized carbons (Fsp3) is 0.222. The fourth-order valence-corrected chi connectivity index (χ4v) is 3.09. The molecule has 1 aromatic carbocycles. The molecule has 3 aromatic rings. The smallest absolute Gasteiger partial charge is 0.166 e. The number of aromatic nitrogens is 3. The summed E-state index contributed by atoms with van der Waals surface area (Å²) in [5.41, 5.74) is 7.95. The minimum absolute atomic E-state index is 0.000663. The zero-order chi connectivity index (χ0) is 19.4. The number of benzene rings is 1. The lowest BCUT2D eigenvalue weighted by Gasteiger charge is -2.11. The molecule has 142 valence electrons. The second kappa shape index (κ2) is 8.56. The number of hydrogen-bond acceptors (Lipinski definition) is 5. The summed E-state index contributed by atoms with van der Waals surface area (Å²) < 4.78 is 20.9. The van der Waals surface area contributed by atoms with E-state index in [1.54, 1.807) is 29.3 Å². The number of aliphatic hydroxyl groups excluding tert-OH is 1. The van der Waals surface area contributed by atoms with Crippen LogP contribution in [0.25, 0.3) is 11.1 Å². The lowest BCUT2D eigenvalue weighted by atomic mass is 10.1. The van der Waals surface area contributed by atoms with Crippen LogP contribution in [0, 0.1) is 5.82 Å². The Morgan fingerprint density at radius 3 is 2.81 bits per heavy atom. The molecule has 0 aliphatic heterocycles. The van der Waals surface area contributed by atoms with Crippen LogP contribution in [0.4, 0.5) is 10.2 Å². The average molecular weight is 411 g/mol. The summed E-state index contributed by atoms with van der Waals surface area (Å²) in [7, 11) is 0. The fourth-order valence-electron chi connectivity index (χ4n) is 2.53. The molecule has 0 aliphatic carbocycles. The van der Waals surface area contributed by atoms with Gasteiger partial charge >= 0.3 is 0 Å². The number of ether oxygens (including phenoxy) is 1. The standard InChI is InChI=1S/C18H17Cl2FN4O2/c19-14-1-2-15(21)17(20)13(14)3-6-27-16-7-11(8-23-18(16)22)12-9-24-25(10-12)4-5-26/h1-2,7-10,26H,3-6H2,(H2,22,23). The first kappa shape index (κ1) is 19.4. The lowest BCUT2D eigenvalue weighted by Crippen LogP contribution is -2.06. The Labute approximate surface area is 165 Å². The molecule has 0 aliphatic rings. The van der Waals surface area contributed by atoms with Gasteiger partial charge in [0.15, 0.2) is 11.6 Å². The van der Waals surface area contributed by atoms with Gasteiger partial charge in [-0.15, -0.1) is 0 Å². The molecule has 2 aromatic heterocycles. The zero-order valence-electron chi connectivity index (χ0n) is 14.2. The van der Waals surface area contributed by atoms with Crippen molar-refractivity contribution in [2.45, 2.75) is 13.0 Å². The molecule has 0 bridgehead atoms. The molecular weight excluding hydrogens is 394 g/mol. The number of nitrogen functional groups attached to an aromatic ring is 1. The number of nitrogens with two attached hydrogens (primary N) is 1. The summed E-state index contributed by atoms with van der Waals surface area (Å²) in [6.07, 6.45) is 5.38. The van der Waals surface area contributed by atoms with Crippen molar-refractivity contribution in [1.82, 2.24) is 14.8 Å². The van der Waals surface area contributed by atoms with Gasteiger partial charge in [-0.1, -0.05) is 23.2 Å². The van der Waals surface area contributed by atoms with Crippen LogP contribution in [0.5, 0.6) is 5.75 Å². The van der Waals surface area contributed by atoms with E-state index in [0.29, 0.717) is 29.3 Å². The molecule has 3 N–H and O–H groups in total. The van der Waals surface area contributed by atoms with Crippen molar-refractivity contribution in [2.24, 2.45) is 0 Å². The Kier molecular flexibility index (Phi) is 6.15. The molecule has 0 unspecified atom stereocenters. The van der Waals surface area contributed by atoms with Crippen LogP contribution in [0.15, 0.2) is 36.8 Å². The van der Waals surface area contributed by atoms with Crippen molar-refractivity contribution < 1.29 is 14.2 Å². The molecule has 0 fully saturated rings. The molecule has 0 amide bonds.